The fourth-order valence-corrected chi connectivity index (χ4v) is 3.96. The van der Waals surface area contributed by atoms with Crippen molar-refractivity contribution in [1.29, 1.82) is 0 Å². The van der Waals surface area contributed by atoms with Gasteiger partial charge in [-0.05, 0) is 41.1 Å². The Labute approximate surface area is 195 Å². The number of hydrogen-bond acceptors (Lipinski definition) is 5. The van der Waals surface area contributed by atoms with Crippen LogP contribution in [0.25, 0.3) is 10.8 Å². The normalized spacial score (nSPS) is 11.8. The maximum atomic E-state index is 12.7. The third-order valence-corrected chi connectivity index (χ3v) is 5.75. The molecule has 0 saturated carbocycles. The molecule has 0 atom stereocenters. The van der Waals surface area contributed by atoms with Crippen molar-refractivity contribution in [2.24, 2.45) is 5.10 Å². The summed E-state index contributed by atoms with van der Waals surface area (Å²) in [5, 5.41) is 5.80. The molecule has 0 radical (unpaired) electrons. The van der Waals surface area contributed by atoms with Crippen molar-refractivity contribution < 1.29 is 22.7 Å². The molecule has 3 aromatic carbocycles. The van der Waals surface area contributed by atoms with Gasteiger partial charge in [0.15, 0.2) is 4.47 Å². The maximum Gasteiger partial charge on any atom is 0.416 e. The van der Waals surface area contributed by atoms with E-state index in [4.69, 9.17) is 16.3 Å². The van der Waals surface area contributed by atoms with Crippen LogP contribution in [-0.4, -0.2) is 17.1 Å². The van der Waals surface area contributed by atoms with Crippen molar-refractivity contribution in [2.75, 3.05) is 0 Å². The summed E-state index contributed by atoms with van der Waals surface area (Å²) in [6, 6.07) is 15.2. The largest absolute Gasteiger partial charge is 0.487 e. The number of hydrogen-bond donors (Lipinski definition) is 1. The third-order valence-electron chi connectivity index (χ3n) is 4.66. The van der Waals surface area contributed by atoms with Gasteiger partial charge in [-0.3, -0.25) is 4.79 Å². The van der Waals surface area contributed by atoms with Gasteiger partial charge in [-0.15, -0.1) is 11.3 Å². The lowest BCUT2D eigenvalue weighted by Gasteiger charge is -2.11. The first-order valence-corrected chi connectivity index (χ1v) is 10.8. The minimum atomic E-state index is -4.47. The Morgan fingerprint density at radius 2 is 1.88 bits per heavy atom. The summed E-state index contributed by atoms with van der Waals surface area (Å²) in [7, 11) is 0. The number of alkyl halides is 3. The number of fused-ring (bicyclic) bond motifs is 1. The number of nitrogens with zero attached hydrogens (tertiary/aromatic N) is 2. The minimum Gasteiger partial charge on any atom is -0.487 e. The molecule has 0 aliphatic carbocycles. The summed E-state index contributed by atoms with van der Waals surface area (Å²) in [5.41, 5.74) is 2.20. The van der Waals surface area contributed by atoms with Gasteiger partial charge in [0, 0.05) is 17.3 Å². The first-order chi connectivity index (χ1) is 15.8. The Morgan fingerprint density at radius 1 is 1.12 bits per heavy atom. The van der Waals surface area contributed by atoms with Gasteiger partial charge in [-0.2, -0.15) is 18.3 Å². The SMILES string of the molecule is O=C(N/N=C\c1c(OCc2cnc(Cl)s2)ccc2ccccc12)c1ccc(C(F)(F)F)cc1. The molecule has 168 valence electrons. The fraction of sp³-hybridized carbons (Fsp3) is 0.0870. The lowest BCUT2D eigenvalue weighted by molar-refractivity contribution is -0.137. The van der Waals surface area contributed by atoms with Gasteiger partial charge in [0.1, 0.15) is 12.4 Å². The number of aromatic nitrogens is 1. The number of amides is 1. The molecule has 0 bridgehead atoms. The maximum absolute atomic E-state index is 12.7. The molecule has 4 rings (SSSR count). The first-order valence-electron chi connectivity index (χ1n) is 9.57. The minimum absolute atomic E-state index is 0.0524. The van der Waals surface area contributed by atoms with Crippen LogP contribution in [0.4, 0.5) is 13.2 Å². The number of benzene rings is 3. The molecule has 0 saturated heterocycles. The van der Waals surface area contributed by atoms with Crippen molar-refractivity contribution in [3.63, 3.8) is 0 Å². The molecule has 4 aromatic rings. The van der Waals surface area contributed by atoms with E-state index < -0.39 is 17.6 Å². The molecule has 1 N–H and O–H groups in total. The quantitative estimate of drug-likeness (QED) is 0.255. The van der Waals surface area contributed by atoms with Crippen molar-refractivity contribution >= 4 is 45.8 Å². The number of thiazole rings is 1. The summed E-state index contributed by atoms with van der Waals surface area (Å²) < 4.78 is 44.5. The van der Waals surface area contributed by atoms with Crippen molar-refractivity contribution in [2.45, 2.75) is 12.8 Å². The van der Waals surface area contributed by atoms with Crippen molar-refractivity contribution in [3.05, 3.63) is 92.9 Å². The van der Waals surface area contributed by atoms with Crippen LogP contribution in [0, 0.1) is 0 Å². The summed E-state index contributed by atoms with van der Waals surface area (Å²) >= 11 is 7.17. The highest BCUT2D eigenvalue weighted by Gasteiger charge is 2.30. The molecule has 33 heavy (non-hydrogen) atoms. The lowest BCUT2D eigenvalue weighted by atomic mass is 10.0. The van der Waals surface area contributed by atoms with E-state index >= 15 is 0 Å². The molecule has 1 heterocycles. The zero-order chi connectivity index (χ0) is 23.4. The number of carbonyl (C=O) groups is 1. The Kier molecular flexibility index (Phi) is 6.62. The second-order valence-corrected chi connectivity index (χ2v) is 8.54. The van der Waals surface area contributed by atoms with E-state index in [0.29, 0.717) is 15.8 Å². The standard InChI is InChI=1S/C23H15ClF3N3O2S/c24-22-28-11-17(33-22)13-32-20-10-7-14-3-1-2-4-18(14)19(20)12-29-30-21(31)15-5-8-16(9-6-15)23(25,26)27/h1-12H,13H2,(H,30,31)/b29-12-. The van der Waals surface area contributed by atoms with Crippen LogP contribution in [0.1, 0.15) is 26.4 Å². The van der Waals surface area contributed by atoms with Gasteiger partial charge in [0.2, 0.25) is 0 Å². The highest BCUT2D eigenvalue weighted by atomic mass is 35.5. The Morgan fingerprint density at radius 3 is 2.58 bits per heavy atom. The van der Waals surface area contributed by atoms with Crippen LogP contribution >= 0.6 is 22.9 Å². The summed E-state index contributed by atoms with van der Waals surface area (Å²) in [6.07, 6.45) is -1.40. The highest BCUT2D eigenvalue weighted by molar-refractivity contribution is 7.15. The molecule has 10 heteroatoms. The Hall–Kier alpha value is -3.43. The molecule has 1 aromatic heterocycles. The molecule has 0 fully saturated rings. The van der Waals surface area contributed by atoms with E-state index in [-0.39, 0.29) is 12.2 Å². The van der Waals surface area contributed by atoms with E-state index in [9.17, 15) is 18.0 Å². The van der Waals surface area contributed by atoms with E-state index in [0.717, 1.165) is 39.9 Å². The van der Waals surface area contributed by atoms with E-state index in [1.165, 1.54) is 17.6 Å². The van der Waals surface area contributed by atoms with Crippen LogP contribution < -0.4 is 10.2 Å². The highest BCUT2D eigenvalue weighted by Crippen LogP contribution is 2.30. The van der Waals surface area contributed by atoms with Gasteiger partial charge in [-0.1, -0.05) is 41.9 Å². The number of ether oxygens (including phenoxy) is 1. The number of halogens is 4. The summed E-state index contributed by atoms with van der Waals surface area (Å²) in [6.45, 7) is 0.251. The van der Waals surface area contributed by atoms with Crippen molar-refractivity contribution in [3.8, 4) is 5.75 Å². The molecule has 0 unspecified atom stereocenters. The third kappa shape index (κ3) is 5.50. The zero-order valence-electron chi connectivity index (χ0n) is 16.8. The summed E-state index contributed by atoms with van der Waals surface area (Å²) in [5.74, 6) is -0.104. The van der Waals surface area contributed by atoms with Gasteiger partial charge >= 0.3 is 6.18 Å². The number of nitrogens with one attached hydrogen (secondary N) is 1. The van der Waals surface area contributed by atoms with Crippen molar-refractivity contribution in [1.82, 2.24) is 10.4 Å². The van der Waals surface area contributed by atoms with Gasteiger partial charge in [0.05, 0.1) is 16.7 Å². The van der Waals surface area contributed by atoms with Crippen LogP contribution in [0.2, 0.25) is 4.47 Å². The first kappa shape index (κ1) is 22.8. The second-order valence-electron chi connectivity index (χ2n) is 6.84. The van der Waals surface area contributed by atoms with E-state index in [1.807, 2.05) is 30.3 Å². The predicted octanol–water partition coefficient (Wildman–Crippen LogP) is 6.31. The van der Waals surface area contributed by atoms with Crippen LogP contribution in [-0.2, 0) is 12.8 Å². The Balaban J connectivity index is 1.54. The number of rotatable bonds is 6. The summed E-state index contributed by atoms with van der Waals surface area (Å²) in [4.78, 5) is 17.1. The van der Waals surface area contributed by atoms with Crippen LogP contribution in [0.5, 0.6) is 5.75 Å². The fourth-order valence-electron chi connectivity index (χ4n) is 3.06. The zero-order valence-corrected chi connectivity index (χ0v) is 18.3. The predicted molar refractivity (Wildman–Crippen MR) is 122 cm³/mol. The molecule has 0 spiro atoms. The molecule has 1 amide bonds. The molecular weight excluding hydrogens is 475 g/mol. The average Bonchev–Trinajstić information content (AvgIpc) is 3.22. The lowest BCUT2D eigenvalue weighted by Crippen LogP contribution is -2.18. The van der Waals surface area contributed by atoms with E-state index in [2.05, 4.69) is 15.5 Å². The molecule has 0 aliphatic rings. The van der Waals surface area contributed by atoms with Gasteiger partial charge < -0.3 is 4.74 Å². The van der Waals surface area contributed by atoms with Crippen LogP contribution in [0.3, 0.4) is 0 Å². The van der Waals surface area contributed by atoms with Crippen LogP contribution in [0.15, 0.2) is 72.0 Å². The molecule has 5 nitrogen and oxygen atoms in total. The smallest absolute Gasteiger partial charge is 0.416 e. The van der Waals surface area contributed by atoms with Gasteiger partial charge in [0.25, 0.3) is 5.91 Å². The molecule has 0 aliphatic heterocycles. The number of carbonyl (C=O) groups excluding carboxylic acids is 1. The van der Waals surface area contributed by atoms with E-state index in [1.54, 1.807) is 12.3 Å². The topological polar surface area (TPSA) is 63.6 Å². The second kappa shape index (κ2) is 9.60. The number of hydrazone groups is 1. The Bertz CT molecular complexity index is 1320. The molecular formula is C23H15ClF3N3O2S. The van der Waals surface area contributed by atoms with Gasteiger partial charge in [-0.25, -0.2) is 10.4 Å². The monoisotopic (exact) mass is 489 g/mol. The average molecular weight is 490 g/mol.